The molecule has 0 saturated carbocycles. The van der Waals surface area contributed by atoms with Gasteiger partial charge in [-0.1, -0.05) is 71.9 Å². The van der Waals surface area contributed by atoms with Gasteiger partial charge in [-0.25, -0.2) is 9.98 Å². The molecule has 0 amide bonds. The van der Waals surface area contributed by atoms with E-state index < -0.39 is 0 Å². The molecular weight excluding hydrogens is 474 g/mol. The molecule has 0 aliphatic heterocycles. The van der Waals surface area contributed by atoms with Gasteiger partial charge >= 0.3 is 0 Å². The molecular formula is C29H22ClN3OS. The van der Waals surface area contributed by atoms with E-state index in [1.807, 2.05) is 114 Å². The number of hydrogen-bond acceptors (Lipinski definition) is 4. The molecule has 0 saturated heterocycles. The highest BCUT2D eigenvalue weighted by Crippen LogP contribution is 2.30. The number of thioether (sulfide) groups is 1. The van der Waals surface area contributed by atoms with E-state index in [4.69, 9.17) is 21.3 Å². The van der Waals surface area contributed by atoms with Gasteiger partial charge in [-0.2, -0.15) is 0 Å². The fourth-order valence-corrected chi connectivity index (χ4v) is 4.48. The molecule has 0 radical (unpaired) electrons. The summed E-state index contributed by atoms with van der Waals surface area (Å²) in [6, 6.07) is 31.7. The first-order chi connectivity index (χ1) is 17.2. The molecule has 2 heterocycles. The number of hydrogen-bond donors (Lipinski definition) is 0. The second kappa shape index (κ2) is 10.6. The molecule has 0 bridgehead atoms. The monoisotopic (exact) mass is 495 g/mol. The zero-order valence-corrected chi connectivity index (χ0v) is 20.6. The highest BCUT2D eigenvalue weighted by Gasteiger charge is 2.11. The zero-order valence-electron chi connectivity index (χ0n) is 19.0. The van der Waals surface area contributed by atoms with E-state index >= 15 is 0 Å². The number of aliphatic imine (C=N–C) groups is 1. The lowest BCUT2D eigenvalue weighted by Gasteiger charge is -2.07. The van der Waals surface area contributed by atoms with Crippen molar-refractivity contribution in [2.24, 2.45) is 4.99 Å². The van der Waals surface area contributed by atoms with E-state index in [2.05, 4.69) is 17.1 Å². The molecule has 0 aliphatic carbocycles. The van der Waals surface area contributed by atoms with Crippen LogP contribution in [0.3, 0.4) is 0 Å². The smallest absolute Gasteiger partial charge is 0.220 e. The average Bonchev–Trinajstić information content (AvgIpc) is 3.22. The van der Waals surface area contributed by atoms with Crippen LogP contribution >= 0.6 is 23.4 Å². The first-order valence-corrected chi connectivity index (χ1v) is 12.4. The Hall–Kier alpha value is -3.80. The minimum absolute atomic E-state index is 0.498. The highest BCUT2D eigenvalue weighted by molar-refractivity contribution is 8.02. The molecule has 0 fully saturated rings. The molecule has 0 aliphatic rings. The molecule has 172 valence electrons. The normalized spacial score (nSPS) is 11.9. The molecule has 2 aromatic heterocycles. The maximum Gasteiger partial charge on any atom is 0.220 e. The summed E-state index contributed by atoms with van der Waals surface area (Å²) in [6.07, 6.45) is 3.79. The maximum atomic E-state index is 6.57. The van der Waals surface area contributed by atoms with Crippen LogP contribution in [0.4, 0.5) is 5.69 Å². The van der Waals surface area contributed by atoms with Gasteiger partial charge in [-0.05, 0) is 66.4 Å². The Labute approximate surface area is 213 Å². The summed E-state index contributed by atoms with van der Waals surface area (Å²) in [7, 11) is 0. The topological polar surface area (TPSA) is 38.9 Å². The Balaban J connectivity index is 1.42. The van der Waals surface area contributed by atoms with Crippen LogP contribution in [0.1, 0.15) is 5.56 Å². The second-order valence-electron chi connectivity index (χ2n) is 7.83. The summed E-state index contributed by atoms with van der Waals surface area (Å²) >= 11 is 8.18. The number of fused-ring (bicyclic) bond motifs is 1. The lowest BCUT2D eigenvalue weighted by Crippen LogP contribution is -2.04. The van der Waals surface area contributed by atoms with Gasteiger partial charge in [-0.3, -0.25) is 4.40 Å². The number of ether oxygens (including phenoxy) is 1. The van der Waals surface area contributed by atoms with Gasteiger partial charge in [0.25, 0.3) is 0 Å². The van der Waals surface area contributed by atoms with Crippen LogP contribution in [-0.4, -0.2) is 15.3 Å². The summed E-state index contributed by atoms with van der Waals surface area (Å²) in [5, 5.41) is 2.57. The Morgan fingerprint density at radius 1 is 0.943 bits per heavy atom. The number of pyridine rings is 1. The van der Waals surface area contributed by atoms with Crippen molar-refractivity contribution in [1.82, 2.24) is 9.38 Å². The van der Waals surface area contributed by atoms with E-state index in [9.17, 15) is 0 Å². The van der Waals surface area contributed by atoms with Crippen molar-refractivity contribution in [2.45, 2.75) is 11.8 Å². The molecule has 0 N–H and O–H groups in total. The van der Waals surface area contributed by atoms with Crippen LogP contribution in [0.5, 0.6) is 5.75 Å². The molecule has 3 aromatic carbocycles. The third-order valence-electron chi connectivity index (χ3n) is 5.22. The largest absolute Gasteiger partial charge is 0.439 e. The summed E-state index contributed by atoms with van der Waals surface area (Å²) in [5.74, 6) is 1.24. The number of nitrogens with zero attached hydrogens (tertiary/aromatic N) is 3. The van der Waals surface area contributed by atoms with Gasteiger partial charge in [0.15, 0.2) is 0 Å². The molecule has 35 heavy (non-hydrogen) atoms. The summed E-state index contributed by atoms with van der Waals surface area (Å²) < 4.78 is 7.99. The Morgan fingerprint density at radius 2 is 1.74 bits per heavy atom. The van der Waals surface area contributed by atoms with Crippen molar-refractivity contribution < 1.29 is 4.74 Å². The van der Waals surface area contributed by atoms with E-state index in [1.54, 1.807) is 11.8 Å². The number of benzene rings is 3. The lowest BCUT2D eigenvalue weighted by molar-refractivity contribution is 0.555. The molecule has 5 aromatic rings. The van der Waals surface area contributed by atoms with Crippen molar-refractivity contribution >= 4 is 40.6 Å². The third-order valence-corrected chi connectivity index (χ3v) is 6.40. The SMILES string of the molecule is Cc1cccc(OC(C=CSc2ccccc2)=Nc2ccc(-c3nc4ccccn4c3Cl)cc2)c1. The molecule has 4 nitrogen and oxygen atoms in total. The van der Waals surface area contributed by atoms with Crippen LogP contribution < -0.4 is 4.74 Å². The van der Waals surface area contributed by atoms with Crippen LogP contribution in [-0.2, 0) is 0 Å². The van der Waals surface area contributed by atoms with Gasteiger partial charge in [0.2, 0.25) is 5.90 Å². The Morgan fingerprint density at radius 3 is 2.51 bits per heavy atom. The second-order valence-corrected chi connectivity index (χ2v) is 9.17. The summed E-state index contributed by atoms with van der Waals surface area (Å²) in [4.78, 5) is 10.6. The highest BCUT2D eigenvalue weighted by atomic mass is 35.5. The fraction of sp³-hybridized carbons (Fsp3) is 0.0345. The number of halogens is 1. The standard InChI is InChI=1S/C29H22ClN3OS/c1-21-8-7-9-24(20-21)34-27(17-19-35-25-10-3-2-4-11-25)31-23-15-13-22(14-16-23)28-29(30)33-18-6-5-12-26(33)32-28/h2-20H,1H3. The van der Waals surface area contributed by atoms with Gasteiger partial charge in [0.05, 0.1) is 5.69 Å². The number of aromatic nitrogens is 2. The minimum atomic E-state index is 0.498. The molecule has 0 unspecified atom stereocenters. The van der Waals surface area contributed by atoms with E-state index in [-0.39, 0.29) is 0 Å². The molecule has 5 rings (SSSR count). The van der Waals surface area contributed by atoms with Crippen molar-refractivity contribution in [3.8, 4) is 17.0 Å². The number of rotatable bonds is 6. The van der Waals surface area contributed by atoms with Gasteiger partial charge < -0.3 is 4.74 Å². The Kier molecular flexibility index (Phi) is 6.98. The maximum absolute atomic E-state index is 6.57. The van der Waals surface area contributed by atoms with Crippen LogP contribution in [0.2, 0.25) is 5.15 Å². The number of aryl methyl sites for hydroxylation is 1. The third kappa shape index (κ3) is 5.65. The van der Waals surface area contributed by atoms with E-state index in [1.165, 1.54) is 0 Å². The zero-order chi connectivity index (χ0) is 24.0. The molecule has 6 heteroatoms. The number of imidazole rings is 1. The minimum Gasteiger partial charge on any atom is -0.439 e. The van der Waals surface area contributed by atoms with Crippen LogP contribution in [0.25, 0.3) is 16.9 Å². The van der Waals surface area contributed by atoms with E-state index in [0.29, 0.717) is 11.1 Å². The molecule has 0 atom stereocenters. The Bertz CT molecular complexity index is 1510. The van der Waals surface area contributed by atoms with Crippen LogP contribution in [0.15, 0.2) is 125 Å². The lowest BCUT2D eigenvalue weighted by atomic mass is 10.1. The predicted octanol–water partition coefficient (Wildman–Crippen LogP) is 8.38. The van der Waals surface area contributed by atoms with Crippen LogP contribution in [0, 0.1) is 6.92 Å². The van der Waals surface area contributed by atoms with Crippen molar-refractivity contribution in [1.29, 1.82) is 0 Å². The van der Waals surface area contributed by atoms with Crippen molar-refractivity contribution in [2.75, 3.05) is 0 Å². The summed E-state index contributed by atoms with van der Waals surface area (Å²) in [5.41, 5.74) is 4.37. The van der Waals surface area contributed by atoms with E-state index in [0.717, 1.165) is 38.8 Å². The van der Waals surface area contributed by atoms with Gasteiger partial charge in [0.1, 0.15) is 22.2 Å². The average molecular weight is 496 g/mol. The first kappa shape index (κ1) is 23.0. The molecule has 0 spiro atoms. The van der Waals surface area contributed by atoms with Crippen molar-refractivity contribution in [3.05, 3.63) is 125 Å². The van der Waals surface area contributed by atoms with Gasteiger partial charge in [0, 0.05) is 22.7 Å². The fourth-order valence-electron chi connectivity index (χ4n) is 3.53. The quantitative estimate of drug-likeness (QED) is 0.135. The van der Waals surface area contributed by atoms with Gasteiger partial charge in [-0.15, -0.1) is 0 Å². The van der Waals surface area contributed by atoms with Crippen molar-refractivity contribution in [3.63, 3.8) is 0 Å². The summed E-state index contributed by atoms with van der Waals surface area (Å²) in [6.45, 7) is 2.04. The first-order valence-electron chi connectivity index (χ1n) is 11.1. The predicted molar refractivity (Wildman–Crippen MR) is 146 cm³/mol.